The number of aryl methyl sites for hydroxylation is 2. The molecule has 7 nitrogen and oxygen atoms in total. The van der Waals surface area contributed by atoms with Crippen molar-refractivity contribution in [2.45, 2.75) is 32.7 Å². The summed E-state index contributed by atoms with van der Waals surface area (Å²) in [6.45, 7) is 5.34. The van der Waals surface area contributed by atoms with Gasteiger partial charge in [-0.05, 0) is 37.5 Å². The molecule has 1 fully saturated rings. The average molecular weight is 444 g/mol. The second kappa shape index (κ2) is 8.67. The molecular formula is C21H23ClN6OS. The van der Waals surface area contributed by atoms with E-state index in [1.165, 1.54) is 11.3 Å². The summed E-state index contributed by atoms with van der Waals surface area (Å²) in [5.41, 5.74) is 7.59. The summed E-state index contributed by atoms with van der Waals surface area (Å²) in [5.74, 6) is 2.04. The largest absolute Gasteiger partial charge is 0.355 e. The Balaban J connectivity index is 1.48. The number of benzene rings is 1. The van der Waals surface area contributed by atoms with Crippen LogP contribution in [0.3, 0.4) is 0 Å². The molecule has 0 unspecified atom stereocenters. The number of nitrogens with zero attached hydrogens (tertiary/aromatic N) is 4. The predicted octanol–water partition coefficient (Wildman–Crippen LogP) is 3.91. The van der Waals surface area contributed by atoms with Gasteiger partial charge in [0.15, 0.2) is 10.9 Å². The van der Waals surface area contributed by atoms with Gasteiger partial charge in [0.25, 0.3) is 0 Å². The number of anilines is 3. The molecule has 4 rings (SSSR count). The van der Waals surface area contributed by atoms with Crippen LogP contribution in [0.15, 0.2) is 30.4 Å². The maximum absolute atomic E-state index is 12.8. The summed E-state index contributed by atoms with van der Waals surface area (Å²) in [7, 11) is 0. The number of ketones is 1. The van der Waals surface area contributed by atoms with Gasteiger partial charge in [0, 0.05) is 36.6 Å². The number of halogens is 1. The third-order valence-electron chi connectivity index (χ3n) is 5.00. The van der Waals surface area contributed by atoms with Crippen molar-refractivity contribution >= 4 is 45.5 Å². The van der Waals surface area contributed by atoms with Gasteiger partial charge in [-0.1, -0.05) is 35.0 Å². The standard InChI is InChI=1S/C21H23ClN6OS/c1-12-4-3-5-16(22)15(12)8-17(29)18-10-24-21(30-18)27-19-9-20(26-13(2)25-19)28-7-6-14(23)11-28/h3-5,9-10,14H,6-8,11,23H2,1-2H3,(H,24,25,26,27)/t14-/m1/s1/i3D. The van der Waals surface area contributed by atoms with Crippen LogP contribution in [-0.2, 0) is 6.42 Å². The van der Waals surface area contributed by atoms with Crippen LogP contribution in [0, 0.1) is 13.8 Å². The van der Waals surface area contributed by atoms with Crippen LogP contribution in [0.25, 0.3) is 0 Å². The highest BCUT2D eigenvalue weighted by atomic mass is 35.5. The molecule has 1 aliphatic rings. The third kappa shape index (κ3) is 4.61. The highest BCUT2D eigenvalue weighted by molar-refractivity contribution is 7.17. The van der Waals surface area contributed by atoms with Crippen molar-refractivity contribution in [3.05, 3.63) is 57.3 Å². The van der Waals surface area contributed by atoms with Crippen molar-refractivity contribution in [2.24, 2.45) is 5.73 Å². The van der Waals surface area contributed by atoms with Crippen molar-refractivity contribution in [1.29, 1.82) is 0 Å². The minimum absolute atomic E-state index is 0.0705. The first-order valence-corrected chi connectivity index (χ1v) is 10.9. The molecule has 156 valence electrons. The van der Waals surface area contributed by atoms with Crippen LogP contribution in [0.5, 0.6) is 0 Å². The van der Waals surface area contributed by atoms with E-state index in [4.69, 9.17) is 18.7 Å². The van der Waals surface area contributed by atoms with E-state index in [-0.39, 0.29) is 18.2 Å². The van der Waals surface area contributed by atoms with E-state index < -0.39 is 0 Å². The zero-order chi connectivity index (χ0) is 22.1. The number of Topliss-reactive ketones (excluding diaryl/α,β-unsaturated/α-hetero) is 1. The summed E-state index contributed by atoms with van der Waals surface area (Å²) in [5, 5.41) is 4.20. The Hall–Kier alpha value is -2.55. The Morgan fingerprint density at radius 1 is 1.43 bits per heavy atom. The number of hydrogen-bond donors (Lipinski definition) is 2. The Morgan fingerprint density at radius 2 is 2.27 bits per heavy atom. The molecule has 1 aliphatic heterocycles. The molecule has 1 atom stereocenters. The molecule has 3 aromatic rings. The SMILES string of the molecule is [2H]c1cc(C)c(CC(=O)c2cnc(Nc3cc(N4CC[C@@H](N)C4)nc(C)n3)s2)c(Cl)c1. The van der Waals surface area contributed by atoms with Gasteiger partial charge in [-0.25, -0.2) is 15.0 Å². The Morgan fingerprint density at radius 3 is 3.00 bits per heavy atom. The number of nitrogens with one attached hydrogen (secondary N) is 1. The highest BCUT2D eigenvalue weighted by Crippen LogP contribution is 2.27. The van der Waals surface area contributed by atoms with Crippen molar-refractivity contribution in [3.63, 3.8) is 0 Å². The van der Waals surface area contributed by atoms with Gasteiger partial charge in [-0.2, -0.15) is 0 Å². The predicted molar refractivity (Wildman–Crippen MR) is 121 cm³/mol. The quantitative estimate of drug-likeness (QED) is 0.557. The van der Waals surface area contributed by atoms with E-state index in [1.807, 2.05) is 19.9 Å². The van der Waals surface area contributed by atoms with E-state index in [1.54, 1.807) is 18.3 Å². The fourth-order valence-electron chi connectivity index (χ4n) is 3.42. The van der Waals surface area contributed by atoms with Gasteiger partial charge in [0.1, 0.15) is 17.5 Å². The fourth-order valence-corrected chi connectivity index (χ4v) is 4.46. The molecule has 3 heterocycles. The molecule has 9 heteroatoms. The van der Waals surface area contributed by atoms with Crippen molar-refractivity contribution < 1.29 is 6.17 Å². The summed E-state index contributed by atoms with van der Waals surface area (Å²) in [6, 6.07) is 5.63. The number of carbonyl (C=O) groups is 1. The molecule has 0 saturated carbocycles. The lowest BCUT2D eigenvalue weighted by Gasteiger charge is -2.18. The summed E-state index contributed by atoms with van der Waals surface area (Å²) >= 11 is 7.52. The van der Waals surface area contributed by atoms with Crippen LogP contribution in [-0.4, -0.2) is 39.9 Å². The molecule has 0 amide bonds. The van der Waals surface area contributed by atoms with Crippen molar-refractivity contribution in [3.8, 4) is 0 Å². The number of nitrogens with two attached hydrogens (primary N) is 1. The molecule has 2 aromatic heterocycles. The van der Waals surface area contributed by atoms with Gasteiger partial charge in [0.05, 0.1) is 12.4 Å². The van der Waals surface area contributed by atoms with Gasteiger partial charge >= 0.3 is 0 Å². The Bertz CT molecular complexity index is 1110. The monoisotopic (exact) mass is 443 g/mol. The normalized spacial score (nSPS) is 16.6. The van der Waals surface area contributed by atoms with E-state index in [0.29, 0.717) is 32.7 Å². The van der Waals surface area contributed by atoms with Crippen LogP contribution in [0.2, 0.25) is 5.02 Å². The maximum atomic E-state index is 12.8. The zero-order valence-corrected chi connectivity index (χ0v) is 18.3. The number of rotatable bonds is 6. The van der Waals surface area contributed by atoms with E-state index >= 15 is 0 Å². The lowest BCUT2D eigenvalue weighted by molar-refractivity contribution is 0.0996. The van der Waals surface area contributed by atoms with Gasteiger partial charge in [-0.15, -0.1) is 0 Å². The second-order valence-corrected chi connectivity index (χ2v) is 8.81. The third-order valence-corrected chi connectivity index (χ3v) is 6.29. The lowest BCUT2D eigenvalue weighted by Crippen LogP contribution is -2.27. The number of thiazole rings is 1. The van der Waals surface area contributed by atoms with E-state index in [0.717, 1.165) is 36.5 Å². The molecule has 3 N–H and O–H groups in total. The number of carbonyl (C=O) groups excluding carboxylic acids is 1. The Kier molecular flexibility index (Phi) is 5.61. The van der Waals surface area contributed by atoms with Crippen LogP contribution in [0.1, 0.15) is 34.4 Å². The smallest absolute Gasteiger partial charge is 0.188 e. The fraction of sp³-hybridized carbons (Fsp3) is 0.333. The first-order chi connectivity index (χ1) is 14.8. The van der Waals surface area contributed by atoms with Crippen molar-refractivity contribution in [1.82, 2.24) is 15.0 Å². The number of hydrogen-bond acceptors (Lipinski definition) is 8. The maximum Gasteiger partial charge on any atom is 0.188 e. The highest BCUT2D eigenvalue weighted by Gasteiger charge is 2.21. The summed E-state index contributed by atoms with van der Waals surface area (Å²) < 4.78 is 7.72. The average Bonchev–Trinajstić information content (AvgIpc) is 3.33. The van der Waals surface area contributed by atoms with Crippen LogP contribution >= 0.6 is 22.9 Å². The summed E-state index contributed by atoms with van der Waals surface area (Å²) in [4.78, 5) is 28.7. The topological polar surface area (TPSA) is 97.0 Å². The molecule has 0 spiro atoms. The first kappa shape index (κ1) is 19.4. The van der Waals surface area contributed by atoms with E-state index in [2.05, 4.69) is 25.2 Å². The van der Waals surface area contributed by atoms with E-state index in [9.17, 15) is 4.79 Å². The van der Waals surface area contributed by atoms with Crippen LogP contribution < -0.4 is 16.0 Å². The molecular weight excluding hydrogens is 420 g/mol. The molecule has 1 aromatic carbocycles. The zero-order valence-electron chi connectivity index (χ0n) is 17.8. The molecule has 0 aliphatic carbocycles. The summed E-state index contributed by atoms with van der Waals surface area (Å²) in [6.07, 6.45) is 2.67. The molecule has 0 bridgehead atoms. The molecule has 30 heavy (non-hydrogen) atoms. The minimum Gasteiger partial charge on any atom is -0.355 e. The minimum atomic E-state index is -0.0705. The number of aromatic nitrogens is 3. The van der Waals surface area contributed by atoms with Gasteiger partial charge in [-0.3, -0.25) is 4.79 Å². The van der Waals surface area contributed by atoms with Crippen LogP contribution in [0.4, 0.5) is 16.8 Å². The lowest BCUT2D eigenvalue weighted by atomic mass is 10.0. The first-order valence-electron chi connectivity index (χ1n) is 10.2. The van der Waals surface area contributed by atoms with Gasteiger partial charge < -0.3 is 16.0 Å². The molecule has 0 radical (unpaired) electrons. The Labute approximate surface area is 185 Å². The second-order valence-electron chi connectivity index (χ2n) is 7.37. The van der Waals surface area contributed by atoms with Gasteiger partial charge in [0.2, 0.25) is 0 Å². The molecule has 1 saturated heterocycles. The van der Waals surface area contributed by atoms with Crippen molar-refractivity contribution in [2.75, 3.05) is 23.3 Å².